The summed E-state index contributed by atoms with van der Waals surface area (Å²) in [5.41, 5.74) is 12.4. The van der Waals surface area contributed by atoms with E-state index in [4.69, 9.17) is 5.73 Å². The van der Waals surface area contributed by atoms with Crippen LogP contribution in [0, 0.1) is 6.92 Å². The van der Waals surface area contributed by atoms with E-state index in [0.717, 1.165) is 16.8 Å². The minimum atomic E-state index is -0.677. The molecular formula is C12H14ClN5O. The lowest BCUT2D eigenvalue weighted by molar-refractivity contribution is 0.250. The Hall–Kier alpha value is -2.34. The zero-order valence-corrected chi connectivity index (χ0v) is 11.1. The molecule has 0 saturated heterocycles. The predicted molar refractivity (Wildman–Crippen MR) is 75.8 cm³/mol. The highest BCUT2D eigenvalue weighted by Crippen LogP contribution is 2.19. The Kier molecular flexibility index (Phi) is 5.08. The number of nitrogens with two attached hydrogens (primary N) is 1. The molecule has 1 aromatic carbocycles. The molecule has 0 bridgehead atoms. The Balaban J connectivity index is 0.00000180. The van der Waals surface area contributed by atoms with Gasteiger partial charge in [-0.05, 0) is 18.6 Å². The van der Waals surface area contributed by atoms with Crippen molar-refractivity contribution in [2.45, 2.75) is 6.92 Å². The van der Waals surface area contributed by atoms with Crippen LogP contribution in [-0.4, -0.2) is 16.2 Å². The highest BCUT2D eigenvalue weighted by Gasteiger charge is 2.05. The molecule has 1 heterocycles. The fraction of sp³-hybridized carbons (Fsp3) is 0.0833. The minimum absolute atomic E-state index is 0. The van der Waals surface area contributed by atoms with Crippen molar-refractivity contribution in [3.05, 3.63) is 42.0 Å². The van der Waals surface area contributed by atoms with E-state index in [9.17, 15) is 4.79 Å². The van der Waals surface area contributed by atoms with Crippen LogP contribution in [0.25, 0.3) is 11.3 Å². The van der Waals surface area contributed by atoms with Gasteiger partial charge in [-0.1, -0.05) is 30.3 Å². The number of hydrazine groups is 1. The molecule has 0 aliphatic carbocycles. The highest BCUT2D eigenvalue weighted by molar-refractivity contribution is 5.85. The number of nitrogens with one attached hydrogen (secondary N) is 2. The van der Waals surface area contributed by atoms with Gasteiger partial charge in [0.05, 0.1) is 5.69 Å². The van der Waals surface area contributed by atoms with E-state index in [1.54, 1.807) is 0 Å². The third-order valence-electron chi connectivity index (χ3n) is 2.36. The summed E-state index contributed by atoms with van der Waals surface area (Å²) >= 11 is 0. The molecule has 0 spiro atoms. The van der Waals surface area contributed by atoms with Crippen molar-refractivity contribution in [3.63, 3.8) is 0 Å². The third kappa shape index (κ3) is 3.82. The molecule has 7 heteroatoms. The van der Waals surface area contributed by atoms with Crippen LogP contribution in [0.4, 0.5) is 10.6 Å². The molecule has 0 fully saturated rings. The number of anilines is 1. The van der Waals surface area contributed by atoms with E-state index in [1.165, 1.54) is 0 Å². The maximum atomic E-state index is 10.6. The molecule has 2 aromatic rings. The lowest BCUT2D eigenvalue weighted by atomic mass is 10.1. The number of primary amides is 1. The van der Waals surface area contributed by atoms with Crippen LogP contribution in [0.1, 0.15) is 5.56 Å². The number of aromatic nitrogens is 2. The molecule has 0 saturated carbocycles. The smallest absolute Gasteiger partial charge is 0.330 e. The van der Waals surface area contributed by atoms with Crippen LogP contribution in [0.2, 0.25) is 0 Å². The number of nitrogens with zero attached hydrogens (tertiary/aromatic N) is 2. The second kappa shape index (κ2) is 6.55. The summed E-state index contributed by atoms with van der Waals surface area (Å²) in [5.74, 6) is 0.466. The zero-order chi connectivity index (χ0) is 13.0. The Morgan fingerprint density at radius 1 is 1.21 bits per heavy atom. The van der Waals surface area contributed by atoms with Gasteiger partial charge in [0, 0.05) is 5.56 Å². The summed E-state index contributed by atoms with van der Waals surface area (Å²) in [6.45, 7) is 1.87. The number of benzene rings is 1. The van der Waals surface area contributed by atoms with Gasteiger partial charge in [-0.3, -0.25) is 10.9 Å². The van der Waals surface area contributed by atoms with Gasteiger partial charge in [0.2, 0.25) is 0 Å². The summed E-state index contributed by atoms with van der Waals surface area (Å²) in [6, 6.07) is 10.9. The number of hydrogen-bond donors (Lipinski definition) is 3. The first kappa shape index (κ1) is 14.7. The standard InChI is InChI=1S/C12H13N5O.ClH/c1-8-7-10(9-5-3-2-4-6-9)14-15-11(8)16-17-12(13)18;/h2-7H,1H3,(H,15,16)(H3,13,17,18);1H. The second-order valence-corrected chi connectivity index (χ2v) is 3.74. The lowest BCUT2D eigenvalue weighted by Gasteiger charge is -2.08. The van der Waals surface area contributed by atoms with E-state index in [-0.39, 0.29) is 12.4 Å². The van der Waals surface area contributed by atoms with Gasteiger partial charge in [0.25, 0.3) is 0 Å². The van der Waals surface area contributed by atoms with Crippen LogP contribution in [0.5, 0.6) is 0 Å². The molecule has 0 unspecified atom stereocenters. The number of aryl methyl sites for hydroxylation is 1. The SMILES string of the molecule is Cc1cc(-c2ccccc2)nnc1NNC(N)=O.Cl. The maximum Gasteiger partial charge on any atom is 0.330 e. The van der Waals surface area contributed by atoms with Crippen LogP contribution in [0.15, 0.2) is 36.4 Å². The second-order valence-electron chi connectivity index (χ2n) is 3.74. The first-order valence-electron chi connectivity index (χ1n) is 5.38. The highest BCUT2D eigenvalue weighted by atomic mass is 35.5. The lowest BCUT2D eigenvalue weighted by Crippen LogP contribution is -2.34. The molecule has 0 aliphatic rings. The quantitative estimate of drug-likeness (QED) is 0.748. The maximum absolute atomic E-state index is 10.6. The third-order valence-corrected chi connectivity index (χ3v) is 2.36. The Morgan fingerprint density at radius 2 is 1.89 bits per heavy atom. The van der Waals surface area contributed by atoms with Crippen LogP contribution >= 0.6 is 12.4 Å². The molecule has 0 atom stereocenters. The van der Waals surface area contributed by atoms with E-state index in [2.05, 4.69) is 21.0 Å². The first-order valence-corrected chi connectivity index (χ1v) is 5.38. The first-order chi connectivity index (χ1) is 8.66. The number of rotatable bonds is 3. The number of hydrogen-bond acceptors (Lipinski definition) is 4. The molecule has 2 amide bonds. The zero-order valence-electron chi connectivity index (χ0n) is 10.3. The Morgan fingerprint density at radius 3 is 2.47 bits per heavy atom. The Labute approximate surface area is 116 Å². The van der Waals surface area contributed by atoms with Crippen molar-refractivity contribution in [1.29, 1.82) is 0 Å². The average molecular weight is 280 g/mol. The van der Waals surface area contributed by atoms with Crippen molar-refractivity contribution >= 4 is 24.3 Å². The summed E-state index contributed by atoms with van der Waals surface area (Å²) < 4.78 is 0. The Bertz CT molecular complexity index is 561. The average Bonchev–Trinajstić information content (AvgIpc) is 2.38. The van der Waals surface area contributed by atoms with Crippen molar-refractivity contribution in [3.8, 4) is 11.3 Å². The molecule has 0 radical (unpaired) electrons. The largest absolute Gasteiger partial charge is 0.350 e. The number of carbonyl (C=O) groups is 1. The molecular weight excluding hydrogens is 266 g/mol. The topological polar surface area (TPSA) is 92.9 Å². The fourth-order valence-electron chi connectivity index (χ4n) is 1.48. The fourth-order valence-corrected chi connectivity index (χ4v) is 1.48. The van der Waals surface area contributed by atoms with Gasteiger partial charge < -0.3 is 5.73 Å². The van der Waals surface area contributed by atoms with Crippen LogP contribution < -0.4 is 16.6 Å². The molecule has 1 aromatic heterocycles. The van der Waals surface area contributed by atoms with Crippen molar-refractivity contribution in [2.24, 2.45) is 5.73 Å². The van der Waals surface area contributed by atoms with Crippen molar-refractivity contribution < 1.29 is 4.79 Å². The summed E-state index contributed by atoms with van der Waals surface area (Å²) in [5, 5.41) is 8.08. The van der Waals surface area contributed by atoms with E-state index in [0.29, 0.717) is 5.82 Å². The molecule has 2 rings (SSSR count). The number of urea groups is 1. The molecule has 0 aliphatic heterocycles. The summed E-state index contributed by atoms with van der Waals surface area (Å²) in [6.07, 6.45) is 0. The van der Waals surface area contributed by atoms with Gasteiger partial charge in [-0.25, -0.2) is 4.79 Å². The van der Waals surface area contributed by atoms with E-state index < -0.39 is 6.03 Å². The van der Waals surface area contributed by atoms with Crippen LogP contribution in [-0.2, 0) is 0 Å². The molecule has 6 nitrogen and oxygen atoms in total. The summed E-state index contributed by atoms with van der Waals surface area (Å²) in [7, 11) is 0. The van der Waals surface area contributed by atoms with Crippen LogP contribution in [0.3, 0.4) is 0 Å². The van der Waals surface area contributed by atoms with E-state index >= 15 is 0 Å². The molecule has 4 N–H and O–H groups in total. The molecule has 19 heavy (non-hydrogen) atoms. The number of amides is 2. The normalized spacial score (nSPS) is 9.32. The van der Waals surface area contributed by atoms with Gasteiger partial charge in [-0.2, -0.15) is 0 Å². The van der Waals surface area contributed by atoms with Gasteiger partial charge in [0.1, 0.15) is 0 Å². The van der Waals surface area contributed by atoms with Gasteiger partial charge in [0.15, 0.2) is 5.82 Å². The van der Waals surface area contributed by atoms with Crippen molar-refractivity contribution in [2.75, 3.05) is 5.43 Å². The van der Waals surface area contributed by atoms with E-state index in [1.807, 2.05) is 43.3 Å². The monoisotopic (exact) mass is 279 g/mol. The molecule has 100 valence electrons. The minimum Gasteiger partial charge on any atom is -0.350 e. The number of carbonyl (C=O) groups excluding carboxylic acids is 1. The summed E-state index contributed by atoms with van der Waals surface area (Å²) in [4.78, 5) is 10.6. The van der Waals surface area contributed by atoms with Gasteiger partial charge >= 0.3 is 6.03 Å². The van der Waals surface area contributed by atoms with Crippen molar-refractivity contribution in [1.82, 2.24) is 15.6 Å². The van der Waals surface area contributed by atoms with Gasteiger partial charge in [-0.15, -0.1) is 22.6 Å². The predicted octanol–water partition coefficient (Wildman–Crippen LogP) is 1.87. The number of halogens is 1.